The lowest BCUT2D eigenvalue weighted by atomic mass is 9.98. The van der Waals surface area contributed by atoms with Gasteiger partial charge in [-0.3, -0.25) is 0 Å². The number of nitrogens with zero attached hydrogens (tertiary/aromatic N) is 2. The number of hydrogen-bond donors (Lipinski definition) is 1. The van der Waals surface area contributed by atoms with Crippen LogP contribution in [-0.2, 0) is 5.75 Å². The van der Waals surface area contributed by atoms with Gasteiger partial charge in [0.05, 0.1) is 11.7 Å². The molecule has 114 valence electrons. The van der Waals surface area contributed by atoms with Crippen LogP contribution in [0.1, 0.15) is 37.9 Å². The van der Waals surface area contributed by atoms with E-state index in [-0.39, 0.29) is 5.92 Å². The molecule has 0 saturated carbocycles. The topological polar surface area (TPSA) is 51.0 Å². The van der Waals surface area contributed by atoms with Crippen molar-refractivity contribution in [1.82, 2.24) is 15.5 Å². The molecule has 1 heterocycles. The number of benzene rings is 1. The van der Waals surface area contributed by atoms with Gasteiger partial charge in [-0.2, -0.15) is 4.98 Å². The zero-order valence-electron chi connectivity index (χ0n) is 12.5. The Labute approximate surface area is 138 Å². The largest absolute Gasteiger partial charge is 0.339 e. The molecule has 0 aliphatic heterocycles. The predicted molar refractivity (Wildman–Crippen MR) is 89.6 cm³/mol. The Morgan fingerprint density at radius 2 is 2.14 bits per heavy atom. The number of rotatable bonds is 7. The smallest absolute Gasteiger partial charge is 0.231 e. The summed E-state index contributed by atoms with van der Waals surface area (Å²) in [7, 11) is 1.95. The van der Waals surface area contributed by atoms with Gasteiger partial charge in [0.2, 0.25) is 5.89 Å². The van der Waals surface area contributed by atoms with Gasteiger partial charge >= 0.3 is 0 Å². The molecular formula is C15H20BrN3OS. The van der Waals surface area contributed by atoms with Gasteiger partial charge in [-0.25, -0.2) is 0 Å². The van der Waals surface area contributed by atoms with Crippen molar-refractivity contribution in [1.29, 1.82) is 0 Å². The number of likely N-dealkylation sites (N-methyl/N-ethyl adjacent to an activating group) is 1. The van der Waals surface area contributed by atoms with Crippen molar-refractivity contribution in [2.45, 2.75) is 42.9 Å². The van der Waals surface area contributed by atoms with Crippen molar-refractivity contribution in [2.24, 2.45) is 0 Å². The van der Waals surface area contributed by atoms with Crippen molar-refractivity contribution >= 4 is 27.7 Å². The summed E-state index contributed by atoms with van der Waals surface area (Å²) in [4.78, 5) is 5.72. The van der Waals surface area contributed by atoms with Crippen LogP contribution in [0.3, 0.4) is 0 Å². The first-order valence-electron chi connectivity index (χ1n) is 7.02. The third kappa shape index (κ3) is 4.31. The minimum Gasteiger partial charge on any atom is -0.339 e. The maximum absolute atomic E-state index is 5.43. The molecule has 0 aliphatic rings. The molecule has 0 aliphatic carbocycles. The molecule has 2 unspecified atom stereocenters. The van der Waals surface area contributed by atoms with Crippen LogP contribution in [0.5, 0.6) is 0 Å². The lowest BCUT2D eigenvalue weighted by Gasteiger charge is -2.17. The van der Waals surface area contributed by atoms with E-state index in [0.717, 1.165) is 22.6 Å². The van der Waals surface area contributed by atoms with E-state index in [4.69, 9.17) is 4.52 Å². The number of halogens is 1. The van der Waals surface area contributed by atoms with Crippen LogP contribution in [0.25, 0.3) is 0 Å². The van der Waals surface area contributed by atoms with Gasteiger partial charge < -0.3 is 9.84 Å². The molecular weight excluding hydrogens is 350 g/mol. The molecule has 0 spiro atoms. The second-order valence-electron chi connectivity index (χ2n) is 4.86. The van der Waals surface area contributed by atoms with Crippen molar-refractivity contribution in [3.05, 3.63) is 40.5 Å². The normalized spacial score (nSPS) is 14.1. The maximum Gasteiger partial charge on any atom is 0.231 e. The molecule has 0 fully saturated rings. The van der Waals surface area contributed by atoms with Crippen LogP contribution < -0.4 is 5.32 Å². The first-order chi connectivity index (χ1) is 10.2. The van der Waals surface area contributed by atoms with Gasteiger partial charge in [0.1, 0.15) is 0 Å². The number of aromatic nitrogens is 2. The molecule has 0 saturated heterocycles. The Morgan fingerprint density at radius 3 is 2.81 bits per heavy atom. The van der Waals surface area contributed by atoms with E-state index < -0.39 is 0 Å². The van der Waals surface area contributed by atoms with Crippen molar-refractivity contribution in [3.8, 4) is 0 Å². The van der Waals surface area contributed by atoms with Gasteiger partial charge in [-0.1, -0.05) is 24.2 Å². The highest BCUT2D eigenvalue weighted by Gasteiger charge is 2.22. The van der Waals surface area contributed by atoms with E-state index in [2.05, 4.69) is 51.3 Å². The quantitative estimate of drug-likeness (QED) is 0.740. The molecule has 2 rings (SSSR count). The second kappa shape index (κ2) is 7.96. The standard InChI is InChI=1S/C15H20BrN3OS/c1-4-11(10(2)17-3)15-18-14(19-20-15)9-21-13-8-6-5-7-12(13)16/h5-8,10-11,17H,4,9H2,1-3H3. The number of nitrogens with one attached hydrogen (secondary N) is 1. The van der Waals surface area contributed by atoms with E-state index in [9.17, 15) is 0 Å². The fourth-order valence-corrected chi connectivity index (χ4v) is 3.53. The lowest BCUT2D eigenvalue weighted by Crippen LogP contribution is -2.28. The summed E-state index contributed by atoms with van der Waals surface area (Å²) in [6.45, 7) is 4.27. The summed E-state index contributed by atoms with van der Waals surface area (Å²) in [6, 6.07) is 8.46. The summed E-state index contributed by atoms with van der Waals surface area (Å²) < 4.78 is 6.52. The average Bonchev–Trinajstić information content (AvgIpc) is 2.95. The van der Waals surface area contributed by atoms with Gasteiger partial charge in [0, 0.05) is 15.4 Å². The number of thioether (sulfide) groups is 1. The lowest BCUT2D eigenvalue weighted by molar-refractivity contribution is 0.320. The van der Waals surface area contributed by atoms with Gasteiger partial charge in [0.25, 0.3) is 0 Å². The van der Waals surface area contributed by atoms with E-state index in [1.807, 2.05) is 25.2 Å². The predicted octanol–water partition coefficient (Wildman–Crippen LogP) is 4.23. The molecule has 4 nitrogen and oxygen atoms in total. The first-order valence-corrected chi connectivity index (χ1v) is 8.80. The van der Waals surface area contributed by atoms with Crippen molar-refractivity contribution in [3.63, 3.8) is 0 Å². The summed E-state index contributed by atoms with van der Waals surface area (Å²) in [5, 5.41) is 7.35. The van der Waals surface area contributed by atoms with Crippen molar-refractivity contribution < 1.29 is 4.52 Å². The van der Waals surface area contributed by atoms with E-state index >= 15 is 0 Å². The fraction of sp³-hybridized carbons (Fsp3) is 0.467. The molecule has 21 heavy (non-hydrogen) atoms. The van der Waals surface area contributed by atoms with E-state index in [0.29, 0.717) is 11.8 Å². The Kier molecular flexibility index (Phi) is 6.26. The molecule has 0 radical (unpaired) electrons. The highest BCUT2D eigenvalue weighted by Crippen LogP contribution is 2.29. The third-order valence-corrected chi connectivity index (χ3v) is 5.52. The van der Waals surface area contributed by atoms with E-state index in [1.165, 1.54) is 4.90 Å². The molecule has 1 aromatic heterocycles. The zero-order chi connectivity index (χ0) is 15.2. The van der Waals surface area contributed by atoms with Gasteiger partial charge in [-0.05, 0) is 48.5 Å². The minimum absolute atomic E-state index is 0.254. The molecule has 1 N–H and O–H groups in total. The fourth-order valence-electron chi connectivity index (χ4n) is 2.12. The van der Waals surface area contributed by atoms with Gasteiger partial charge in [0.15, 0.2) is 5.82 Å². The first kappa shape index (κ1) is 16.5. The van der Waals surface area contributed by atoms with E-state index in [1.54, 1.807) is 11.8 Å². The summed E-state index contributed by atoms with van der Waals surface area (Å²) in [5.74, 6) is 2.43. The minimum atomic E-state index is 0.254. The monoisotopic (exact) mass is 369 g/mol. The zero-order valence-corrected chi connectivity index (χ0v) is 14.9. The maximum atomic E-state index is 5.43. The highest BCUT2D eigenvalue weighted by atomic mass is 79.9. The summed E-state index contributed by atoms with van der Waals surface area (Å²) in [5.41, 5.74) is 0. The van der Waals surface area contributed by atoms with Gasteiger partial charge in [-0.15, -0.1) is 11.8 Å². The Morgan fingerprint density at radius 1 is 1.38 bits per heavy atom. The Balaban J connectivity index is 2.01. The Bertz CT molecular complexity index is 576. The SMILES string of the molecule is CCC(c1nc(CSc2ccccc2Br)no1)C(C)NC. The second-order valence-corrected chi connectivity index (χ2v) is 6.73. The summed E-state index contributed by atoms with van der Waals surface area (Å²) in [6.07, 6.45) is 0.973. The highest BCUT2D eigenvalue weighted by molar-refractivity contribution is 9.10. The van der Waals surface area contributed by atoms with Crippen LogP contribution in [0, 0.1) is 0 Å². The van der Waals surface area contributed by atoms with Crippen LogP contribution in [0.15, 0.2) is 38.2 Å². The summed E-state index contributed by atoms with van der Waals surface area (Å²) >= 11 is 5.24. The molecule has 0 bridgehead atoms. The van der Waals surface area contributed by atoms with Crippen LogP contribution in [0.4, 0.5) is 0 Å². The van der Waals surface area contributed by atoms with Crippen molar-refractivity contribution in [2.75, 3.05) is 7.05 Å². The molecule has 2 atom stereocenters. The molecule has 6 heteroatoms. The Hall–Kier alpha value is -0.850. The molecule has 2 aromatic rings. The molecule has 1 aromatic carbocycles. The van der Waals surface area contributed by atoms with Crippen LogP contribution >= 0.6 is 27.7 Å². The third-order valence-electron chi connectivity index (χ3n) is 3.49. The average molecular weight is 370 g/mol. The van der Waals surface area contributed by atoms with Crippen LogP contribution in [0.2, 0.25) is 0 Å². The molecule has 0 amide bonds. The van der Waals surface area contributed by atoms with Crippen LogP contribution in [-0.4, -0.2) is 23.2 Å². The number of hydrogen-bond acceptors (Lipinski definition) is 5.